The number of hydrogen-bond donors (Lipinski definition) is 1. The van der Waals surface area contributed by atoms with Crippen molar-refractivity contribution in [3.05, 3.63) is 29.1 Å². The van der Waals surface area contributed by atoms with Crippen LogP contribution in [-0.2, 0) is 0 Å². The summed E-state index contributed by atoms with van der Waals surface area (Å²) in [4.78, 5) is 21.1. The molecule has 0 bridgehead atoms. The summed E-state index contributed by atoms with van der Waals surface area (Å²) in [6.45, 7) is -3.35. The number of carbonyl (C=O) groups is 2. The molecule has 16 heavy (non-hydrogen) atoms. The molecule has 0 atom stereocenters. The fourth-order valence-electron chi connectivity index (χ4n) is 1.08. The Morgan fingerprint density at radius 3 is 2.50 bits per heavy atom. The minimum Gasteiger partial charge on any atom is -0.477 e. The summed E-state index contributed by atoms with van der Waals surface area (Å²) in [5, 5.41) is 8.60. The van der Waals surface area contributed by atoms with Crippen molar-refractivity contribution < 1.29 is 32.6 Å². The molecule has 0 fully saturated rings. The fraction of sp³-hybridized carbons (Fsp3) is 0.111. The smallest absolute Gasteiger partial charge is 0.387 e. The van der Waals surface area contributed by atoms with E-state index in [4.69, 9.17) is 5.11 Å². The first-order valence-corrected chi connectivity index (χ1v) is 3.93. The maximum atomic E-state index is 13.0. The SMILES string of the molecule is O=Cc1ccc(F)c(C(=O)O)c1OC(F)F. The van der Waals surface area contributed by atoms with Crippen molar-refractivity contribution in [2.24, 2.45) is 0 Å². The zero-order valence-electron chi connectivity index (χ0n) is 7.62. The van der Waals surface area contributed by atoms with Crippen molar-refractivity contribution in [2.45, 2.75) is 6.61 Å². The van der Waals surface area contributed by atoms with E-state index in [9.17, 15) is 22.8 Å². The van der Waals surface area contributed by atoms with Crippen LogP contribution in [0.2, 0.25) is 0 Å². The van der Waals surface area contributed by atoms with Crippen LogP contribution >= 0.6 is 0 Å². The van der Waals surface area contributed by atoms with Gasteiger partial charge < -0.3 is 9.84 Å². The van der Waals surface area contributed by atoms with E-state index in [1.54, 1.807) is 0 Å². The number of aldehydes is 1. The number of carboxylic acid groups (broad SMARTS) is 1. The van der Waals surface area contributed by atoms with Gasteiger partial charge in [-0.3, -0.25) is 4.79 Å². The average Bonchev–Trinajstić information content (AvgIpc) is 2.16. The molecule has 1 aromatic carbocycles. The lowest BCUT2D eigenvalue weighted by atomic mass is 10.1. The van der Waals surface area contributed by atoms with Gasteiger partial charge in [-0.25, -0.2) is 9.18 Å². The van der Waals surface area contributed by atoms with Gasteiger partial charge in [-0.1, -0.05) is 0 Å². The molecule has 1 aromatic rings. The van der Waals surface area contributed by atoms with Crippen molar-refractivity contribution in [3.8, 4) is 5.75 Å². The number of halogens is 3. The second kappa shape index (κ2) is 4.65. The standard InChI is InChI=1S/C9H5F3O4/c10-5-2-1-4(3-13)7(16-9(11)12)6(5)8(14)15/h1-3,9H,(H,14,15). The Hall–Kier alpha value is -2.05. The first-order chi connectivity index (χ1) is 7.47. The Kier molecular flexibility index (Phi) is 3.49. The normalized spacial score (nSPS) is 10.2. The molecule has 86 valence electrons. The lowest BCUT2D eigenvalue weighted by Gasteiger charge is -2.10. The molecule has 0 aromatic heterocycles. The summed E-state index contributed by atoms with van der Waals surface area (Å²) in [5.74, 6) is -4.02. The number of aromatic carboxylic acids is 1. The van der Waals surface area contributed by atoms with Crippen molar-refractivity contribution in [3.63, 3.8) is 0 Å². The van der Waals surface area contributed by atoms with E-state index in [1.807, 2.05) is 0 Å². The second-order valence-corrected chi connectivity index (χ2v) is 2.64. The van der Waals surface area contributed by atoms with Gasteiger partial charge in [0.1, 0.15) is 11.4 Å². The third-order valence-corrected chi connectivity index (χ3v) is 1.69. The van der Waals surface area contributed by atoms with Crippen LogP contribution in [0.3, 0.4) is 0 Å². The molecule has 0 aliphatic heterocycles. The van der Waals surface area contributed by atoms with E-state index in [0.717, 1.165) is 6.07 Å². The Labute approximate surface area is 87.3 Å². The minimum absolute atomic E-state index is 0.101. The van der Waals surface area contributed by atoms with Gasteiger partial charge in [0.25, 0.3) is 0 Å². The molecule has 0 unspecified atom stereocenters. The molecular weight excluding hydrogens is 229 g/mol. The number of alkyl halides is 2. The van der Waals surface area contributed by atoms with Gasteiger partial charge in [-0.2, -0.15) is 8.78 Å². The highest BCUT2D eigenvalue weighted by Gasteiger charge is 2.23. The predicted molar refractivity (Wildman–Crippen MR) is 45.4 cm³/mol. The minimum atomic E-state index is -3.35. The van der Waals surface area contributed by atoms with E-state index in [0.29, 0.717) is 6.07 Å². The molecular formula is C9H5F3O4. The van der Waals surface area contributed by atoms with Crippen LogP contribution in [0.5, 0.6) is 5.75 Å². The highest BCUT2D eigenvalue weighted by Crippen LogP contribution is 2.27. The van der Waals surface area contributed by atoms with Gasteiger partial charge in [-0.05, 0) is 12.1 Å². The molecule has 1 N–H and O–H groups in total. The zero-order chi connectivity index (χ0) is 12.3. The van der Waals surface area contributed by atoms with E-state index in [1.165, 1.54) is 0 Å². The number of rotatable bonds is 4. The van der Waals surface area contributed by atoms with Gasteiger partial charge in [0.2, 0.25) is 0 Å². The third-order valence-electron chi connectivity index (χ3n) is 1.69. The molecule has 4 nitrogen and oxygen atoms in total. The molecule has 0 heterocycles. The predicted octanol–water partition coefficient (Wildman–Crippen LogP) is 1.94. The lowest BCUT2D eigenvalue weighted by molar-refractivity contribution is -0.0507. The molecule has 0 saturated carbocycles. The highest BCUT2D eigenvalue weighted by molar-refractivity contribution is 5.95. The van der Waals surface area contributed by atoms with Gasteiger partial charge in [0.15, 0.2) is 12.0 Å². The van der Waals surface area contributed by atoms with E-state index < -0.39 is 35.3 Å². The quantitative estimate of drug-likeness (QED) is 0.808. The highest BCUT2D eigenvalue weighted by atomic mass is 19.3. The second-order valence-electron chi connectivity index (χ2n) is 2.64. The molecule has 0 spiro atoms. The van der Waals surface area contributed by atoms with Crippen LogP contribution in [-0.4, -0.2) is 24.0 Å². The van der Waals surface area contributed by atoms with Crippen LogP contribution < -0.4 is 4.74 Å². The Bertz CT molecular complexity index is 431. The molecule has 0 radical (unpaired) electrons. The number of carbonyl (C=O) groups excluding carboxylic acids is 1. The van der Waals surface area contributed by atoms with Gasteiger partial charge >= 0.3 is 12.6 Å². The molecule has 0 aliphatic rings. The van der Waals surface area contributed by atoms with E-state index in [2.05, 4.69) is 4.74 Å². The molecule has 1 rings (SSSR count). The van der Waals surface area contributed by atoms with E-state index >= 15 is 0 Å². The van der Waals surface area contributed by atoms with Crippen LogP contribution in [0.15, 0.2) is 12.1 Å². The van der Waals surface area contributed by atoms with Crippen molar-refractivity contribution in [1.29, 1.82) is 0 Å². The maximum Gasteiger partial charge on any atom is 0.387 e. The summed E-state index contributed by atoms with van der Waals surface area (Å²) in [6, 6.07) is 1.54. The lowest BCUT2D eigenvalue weighted by Crippen LogP contribution is -2.11. The van der Waals surface area contributed by atoms with Gasteiger partial charge in [-0.15, -0.1) is 0 Å². The summed E-state index contributed by atoms with van der Waals surface area (Å²) in [5.41, 5.74) is -1.55. The zero-order valence-corrected chi connectivity index (χ0v) is 7.62. The Morgan fingerprint density at radius 2 is 2.06 bits per heavy atom. The maximum absolute atomic E-state index is 13.0. The molecule has 0 amide bonds. The van der Waals surface area contributed by atoms with Crippen molar-refractivity contribution >= 4 is 12.3 Å². The van der Waals surface area contributed by atoms with Crippen LogP contribution in [0.1, 0.15) is 20.7 Å². The van der Waals surface area contributed by atoms with Crippen LogP contribution in [0.4, 0.5) is 13.2 Å². The summed E-state index contributed by atoms with van der Waals surface area (Å²) in [7, 11) is 0. The van der Waals surface area contributed by atoms with Crippen LogP contribution in [0, 0.1) is 5.82 Å². The largest absolute Gasteiger partial charge is 0.477 e. The first kappa shape index (κ1) is 12.0. The number of benzene rings is 1. The topological polar surface area (TPSA) is 63.6 Å². The Balaban J connectivity index is 3.42. The fourth-order valence-corrected chi connectivity index (χ4v) is 1.08. The Morgan fingerprint density at radius 1 is 1.44 bits per heavy atom. The van der Waals surface area contributed by atoms with Gasteiger partial charge in [0, 0.05) is 0 Å². The molecule has 7 heteroatoms. The van der Waals surface area contributed by atoms with Crippen molar-refractivity contribution in [2.75, 3.05) is 0 Å². The molecule has 0 saturated heterocycles. The van der Waals surface area contributed by atoms with E-state index in [-0.39, 0.29) is 6.29 Å². The number of hydrogen-bond acceptors (Lipinski definition) is 3. The number of ether oxygens (including phenoxy) is 1. The van der Waals surface area contributed by atoms with Crippen molar-refractivity contribution in [1.82, 2.24) is 0 Å². The van der Waals surface area contributed by atoms with Gasteiger partial charge in [0.05, 0.1) is 5.56 Å². The molecule has 0 aliphatic carbocycles. The monoisotopic (exact) mass is 234 g/mol. The first-order valence-electron chi connectivity index (χ1n) is 3.93. The van der Waals surface area contributed by atoms with Crippen LogP contribution in [0.25, 0.3) is 0 Å². The third kappa shape index (κ3) is 2.30. The summed E-state index contributed by atoms with van der Waals surface area (Å²) in [6.07, 6.45) is 0.101. The summed E-state index contributed by atoms with van der Waals surface area (Å²) >= 11 is 0. The summed E-state index contributed by atoms with van der Waals surface area (Å²) < 4.78 is 40.8. The average molecular weight is 234 g/mol. The number of carboxylic acids is 1.